The van der Waals surface area contributed by atoms with E-state index in [1.165, 1.54) is 0 Å². The molecular weight excluding hydrogens is 627 g/mol. The van der Waals surface area contributed by atoms with Gasteiger partial charge in [0.1, 0.15) is 11.4 Å². The molecule has 4 aromatic carbocycles. The largest absolute Gasteiger partial charge is 0.494 e. The lowest BCUT2D eigenvalue weighted by atomic mass is 10.1. The van der Waals surface area contributed by atoms with Gasteiger partial charge < -0.3 is 20.7 Å². The van der Waals surface area contributed by atoms with Gasteiger partial charge in [-0.25, -0.2) is 0 Å². The number of carbonyl (C=O) groups excluding carboxylic acids is 3. The Balaban J connectivity index is 1.41. The number of rotatable bonds is 11. The molecule has 4 rings (SSSR count). The van der Waals surface area contributed by atoms with Crippen LogP contribution in [-0.4, -0.2) is 30.1 Å². The number of thioether (sulfide) groups is 1. The Morgan fingerprint density at radius 1 is 0.889 bits per heavy atom. The van der Waals surface area contributed by atoms with Gasteiger partial charge in [0.05, 0.1) is 28.6 Å². The van der Waals surface area contributed by atoms with E-state index in [0.29, 0.717) is 34.1 Å². The summed E-state index contributed by atoms with van der Waals surface area (Å²) in [6.45, 7) is 2.38. The molecule has 0 radical (unpaired) electrons. The predicted molar refractivity (Wildman–Crippen MR) is 170 cm³/mol. The minimum Gasteiger partial charge on any atom is -0.494 e. The van der Waals surface area contributed by atoms with Crippen LogP contribution in [0.15, 0.2) is 108 Å². The molecule has 0 unspecified atom stereocenters. The van der Waals surface area contributed by atoms with Gasteiger partial charge in [0.25, 0.3) is 11.8 Å². The van der Waals surface area contributed by atoms with E-state index in [1.807, 2.05) is 6.92 Å². The van der Waals surface area contributed by atoms with Gasteiger partial charge in [0.15, 0.2) is 0 Å². The van der Waals surface area contributed by atoms with Gasteiger partial charge in [-0.2, -0.15) is 13.2 Å². The lowest BCUT2D eigenvalue weighted by molar-refractivity contribution is -0.137. The molecule has 0 spiro atoms. The van der Waals surface area contributed by atoms with Crippen molar-refractivity contribution >= 4 is 58.5 Å². The number of hydrogen-bond donors (Lipinski definition) is 3. The van der Waals surface area contributed by atoms with Crippen molar-refractivity contribution in [1.82, 2.24) is 5.32 Å². The Bertz CT molecular complexity index is 1680. The van der Waals surface area contributed by atoms with Gasteiger partial charge in [-0.05, 0) is 85.3 Å². The first-order valence-corrected chi connectivity index (χ1v) is 14.9. The molecule has 0 fully saturated rings. The molecule has 0 aliphatic carbocycles. The number of ether oxygens (including phenoxy) is 1. The highest BCUT2D eigenvalue weighted by molar-refractivity contribution is 8.00. The summed E-state index contributed by atoms with van der Waals surface area (Å²) in [6, 6.07) is 24.8. The van der Waals surface area contributed by atoms with Gasteiger partial charge in [-0.15, -0.1) is 11.8 Å². The monoisotopic (exact) mass is 653 g/mol. The summed E-state index contributed by atoms with van der Waals surface area (Å²) in [4.78, 5) is 39.2. The van der Waals surface area contributed by atoms with Crippen LogP contribution in [0, 0.1) is 0 Å². The average Bonchev–Trinajstić information content (AvgIpc) is 3.02. The highest BCUT2D eigenvalue weighted by Gasteiger charge is 2.31. The molecular formula is C33H27ClF3N3O4S. The number of anilines is 2. The first-order valence-electron chi connectivity index (χ1n) is 13.5. The van der Waals surface area contributed by atoms with E-state index in [2.05, 4.69) is 16.0 Å². The lowest BCUT2D eigenvalue weighted by Gasteiger charge is -2.12. The third-order valence-corrected chi connectivity index (χ3v) is 7.42. The van der Waals surface area contributed by atoms with Crippen molar-refractivity contribution in [1.29, 1.82) is 0 Å². The Hall–Kier alpha value is -4.74. The van der Waals surface area contributed by atoms with Crippen molar-refractivity contribution in [2.45, 2.75) is 18.0 Å². The molecule has 0 bridgehead atoms. The van der Waals surface area contributed by atoms with Crippen molar-refractivity contribution in [2.75, 3.05) is 23.0 Å². The highest BCUT2D eigenvalue weighted by Crippen LogP contribution is 2.34. The number of alkyl halides is 3. The minimum atomic E-state index is -4.57. The van der Waals surface area contributed by atoms with E-state index in [9.17, 15) is 27.6 Å². The second-order valence-electron chi connectivity index (χ2n) is 9.39. The van der Waals surface area contributed by atoms with Crippen LogP contribution in [0.2, 0.25) is 5.02 Å². The Kier molecular flexibility index (Phi) is 11.3. The van der Waals surface area contributed by atoms with Crippen LogP contribution in [0.3, 0.4) is 0 Å². The van der Waals surface area contributed by atoms with E-state index in [0.717, 1.165) is 30.0 Å². The Morgan fingerprint density at radius 2 is 1.58 bits per heavy atom. The van der Waals surface area contributed by atoms with Crippen LogP contribution in [-0.2, 0) is 15.8 Å². The van der Waals surface area contributed by atoms with Crippen molar-refractivity contribution in [3.05, 3.63) is 124 Å². The Morgan fingerprint density at radius 3 is 2.22 bits per heavy atom. The highest BCUT2D eigenvalue weighted by atomic mass is 35.5. The van der Waals surface area contributed by atoms with Crippen LogP contribution in [0.25, 0.3) is 6.08 Å². The molecule has 12 heteroatoms. The van der Waals surface area contributed by atoms with Gasteiger partial charge in [0.2, 0.25) is 5.91 Å². The van der Waals surface area contributed by atoms with Gasteiger partial charge in [-0.3, -0.25) is 14.4 Å². The molecule has 0 atom stereocenters. The number of amides is 3. The number of benzene rings is 4. The maximum absolute atomic E-state index is 13.3. The first kappa shape index (κ1) is 33.2. The normalized spacial score (nSPS) is 11.4. The summed E-state index contributed by atoms with van der Waals surface area (Å²) < 4.78 is 44.5. The zero-order valence-electron chi connectivity index (χ0n) is 23.8. The minimum absolute atomic E-state index is 0.0105. The fourth-order valence-electron chi connectivity index (χ4n) is 3.90. The second kappa shape index (κ2) is 15.3. The van der Waals surface area contributed by atoms with Crippen LogP contribution >= 0.6 is 23.4 Å². The lowest BCUT2D eigenvalue weighted by Crippen LogP contribution is -2.30. The maximum Gasteiger partial charge on any atom is 0.416 e. The summed E-state index contributed by atoms with van der Waals surface area (Å²) in [5.41, 5.74) is 0.415. The van der Waals surface area contributed by atoms with Crippen LogP contribution in [0.1, 0.15) is 28.4 Å². The number of carbonyl (C=O) groups is 3. The van der Waals surface area contributed by atoms with E-state index in [1.54, 1.807) is 84.9 Å². The van der Waals surface area contributed by atoms with E-state index in [4.69, 9.17) is 16.3 Å². The molecule has 0 aromatic heterocycles. The number of halogens is 4. The zero-order chi connectivity index (χ0) is 32.4. The molecule has 0 saturated heterocycles. The van der Waals surface area contributed by atoms with Crippen LogP contribution in [0.5, 0.6) is 5.75 Å². The molecule has 45 heavy (non-hydrogen) atoms. The first-order chi connectivity index (χ1) is 21.5. The SMILES string of the molecule is CCOc1ccc(/C=C(\NC(=O)c2ccccc2)C(=O)Nc2ccc(SCC(=O)Nc3cc(C(F)(F)F)ccc3Cl)cc2)cc1. The fraction of sp³-hybridized carbons (Fsp3) is 0.121. The molecule has 7 nitrogen and oxygen atoms in total. The third-order valence-electron chi connectivity index (χ3n) is 6.08. The van der Waals surface area contributed by atoms with Crippen molar-refractivity contribution in [3.8, 4) is 5.75 Å². The quantitative estimate of drug-likeness (QED) is 0.113. The standard InChI is InChI=1S/C33H27ClF3N3O4S/c1-2-44-25-13-8-21(9-14-25)18-29(40-31(42)22-6-4-3-5-7-22)32(43)38-24-11-15-26(16-12-24)45-20-30(41)39-28-19-23(33(35,36)37)10-17-27(28)34/h3-19H,2,20H2,1H3,(H,38,43)(H,39,41)(H,40,42)/b29-18-. The maximum atomic E-state index is 13.3. The fourth-order valence-corrected chi connectivity index (χ4v) is 4.76. The molecule has 0 aliphatic heterocycles. The number of nitrogens with one attached hydrogen (secondary N) is 3. The van der Waals surface area contributed by atoms with E-state index < -0.39 is 29.5 Å². The van der Waals surface area contributed by atoms with Gasteiger partial charge in [-0.1, -0.05) is 41.9 Å². The van der Waals surface area contributed by atoms with Gasteiger partial charge in [0, 0.05) is 16.1 Å². The third kappa shape index (κ3) is 9.88. The molecule has 232 valence electrons. The topological polar surface area (TPSA) is 96.5 Å². The van der Waals surface area contributed by atoms with Crippen LogP contribution in [0.4, 0.5) is 24.5 Å². The zero-order valence-corrected chi connectivity index (χ0v) is 25.4. The van der Waals surface area contributed by atoms with Crippen molar-refractivity contribution < 1.29 is 32.3 Å². The summed E-state index contributed by atoms with van der Waals surface area (Å²) in [5, 5.41) is 7.82. The summed E-state index contributed by atoms with van der Waals surface area (Å²) in [6.07, 6.45) is -3.03. The predicted octanol–water partition coefficient (Wildman–Crippen LogP) is 7.90. The van der Waals surface area contributed by atoms with Crippen molar-refractivity contribution in [3.63, 3.8) is 0 Å². The summed E-state index contributed by atoms with van der Waals surface area (Å²) in [5.74, 6) is -0.996. The smallest absolute Gasteiger partial charge is 0.416 e. The second-order valence-corrected chi connectivity index (χ2v) is 10.8. The molecule has 0 saturated carbocycles. The van der Waals surface area contributed by atoms with E-state index in [-0.39, 0.29) is 22.2 Å². The molecule has 0 heterocycles. The summed E-state index contributed by atoms with van der Waals surface area (Å²) >= 11 is 7.10. The molecule has 4 aromatic rings. The molecule has 3 amide bonds. The van der Waals surface area contributed by atoms with Gasteiger partial charge >= 0.3 is 6.18 Å². The van der Waals surface area contributed by atoms with E-state index >= 15 is 0 Å². The molecule has 0 aliphatic rings. The average molecular weight is 654 g/mol. The Labute approximate surface area is 266 Å². The van der Waals surface area contributed by atoms with Crippen molar-refractivity contribution in [2.24, 2.45) is 0 Å². The van der Waals surface area contributed by atoms with Crippen LogP contribution < -0.4 is 20.7 Å². The molecule has 3 N–H and O–H groups in total. The number of hydrogen-bond acceptors (Lipinski definition) is 5. The summed E-state index contributed by atoms with van der Waals surface area (Å²) in [7, 11) is 0.